The van der Waals surface area contributed by atoms with Crippen molar-refractivity contribution >= 4 is 5.97 Å². The van der Waals surface area contributed by atoms with Crippen LogP contribution in [0.15, 0.2) is 0 Å². The average Bonchev–Trinajstić information content (AvgIpc) is 2.75. The number of halogens is 3. The van der Waals surface area contributed by atoms with Gasteiger partial charge in [-0.3, -0.25) is 0 Å². The van der Waals surface area contributed by atoms with Crippen molar-refractivity contribution in [3.8, 4) is 0 Å². The van der Waals surface area contributed by atoms with E-state index >= 15 is 0 Å². The van der Waals surface area contributed by atoms with Crippen LogP contribution in [0.3, 0.4) is 0 Å². The van der Waals surface area contributed by atoms with Crippen molar-refractivity contribution in [2.24, 2.45) is 0 Å². The van der Waals surface area contributed by atoms with Gasteiger partial charge >= 0.3 is 12.1 Å². The van der Waals surface area contributed by atoms with Crippen LogP contribution in [-0.2, 0) is 4.79 Å². The van der Waals surface area contributed by atoms with Gasteiger partial charge < -0.3 is 9.59 Å². The first-order valence-corrected chi connectivity index (χ1v) is 13.8. The Morgan fingerprint density at radius 3 is 1.00 bits per heavy atom. The predicted molar refractivity (Wildman–Crippen MR) is 135 cm³/mol. The van der Waals surface area contributed by atoms with E-state index in [0.29, 0.717) is 0 Å². The summed E-state index contributed by atoms with van der Waals surface area (Å²) in [6.45, 7) is 11.2. The van der Waals surface area contributed by atoms with Gasteiger partial charge in [0, 0.05) is 0 Å². The molecule has 0 saturated heterocycles. The molecular weight excluding hydrogens is 427 g/mol. The number of carboxylic acids is 1. The van der Waals surface area contributed by atoms with E-state index in [0.717, 1.165) is 0 Å². The molecule has 0 aromatic carbocycles. The SMILES string of the molecule is CCCCCCCC[N+](C)(CCCCCCCC)CCCCCCCC.O=C(O)C(F)(F)F. The second-order valence-electron chi connectivity index (χ2n) is 9.90. The fraction of sp³-hybridized carbons (Fsp3) is 0.963. The van der Waals surface area contributed by atoms with Gasteiger partial charge in [-0.15, -0.1) is 0 Å². The summed E-state index contributed by atoms with van der Waals surface area (Å²) in [5.74, 6) is -2.76. The van der Waals surface area contributed by atoms with Crippen molar-refractivity contribution in [1.29, 1.82) is 0 Å². The number of carboxylic acid groups (broad SMARTS) is 1. The van der Waals surface area contributed by atoms with Crippen molar-refractivity contribution in [3.63, 3.8) is 0 Å². The number of rotatable bonds is 21. The summed E-state index contributed by atoms with van der Waals surface area (Å²) in [5, 5.41) is 7.12. The molecule has 0 rings (SSSR count). The van der Waals surface area contributed by atoms with Gasteiger partial charge in [0.2, 0.25) is 0 Å². The van der Waals surface area contributed by atoms with Crippen LogP contribution in [0.1, 0.15) is 136 Å². The molecule has 0 heterocycles. The van der Waals surface area contributed by atoms with Gasteiger partial charge in [-0.2, -0.15) is 13.2 Å². The highest BCUT2D eigenvalue weighted by Gasteiger charge is 2.38. The van der Waals surface area contributed by atoms with Crippen LogP contribution in [0.5, 0.6) is 0 Å². The summed E-state index contributed by atoms with van der Waals surface area (Å²) in [5.41, 5.74) is 0. The fourth-order valence-corrected chi connectivity index (χ4v) is 4.16. The Balaban J connectivity index is 0. The lowest BCUT2D eigenvalue weighted by Crippen LogP contribution is -2.46. The Morgan fingerprint density at radius 2 is 0.788 bits per heavy atom. The molecule has 0 fully saturated rings. The molecule has 0 saturated carbocycles. The third-order valence-electron chi connectivity index (χ3n) is 6.40. The van der Waals surface area contributed by atoms with Crippen molar-refractivity contribution in [3.05, 3.63) is 0 Å². The number of nitrogens with zero attached hydrogens (tertiary/aromatic N) is 1. The maximum absolute atomic E-state index is 10.6. The molecule has 0 amide bonds. The number of unbranched alkanes of at least 4 members (excludes halogenated alkanes) is 15. The maximum atomic E-state index is 10.6. The van der Waals surface area contributed by atoms with Gasteiger partial charge in [-0.05, 0) is 38.5 Å². The summed E-state index contributed by atoms with van der Waals surface area (Å²) in [6, 6.07) is 0. The monoisotopic (exact) mass is 482 g/mol. The van der Waals surface area contributed by atoms with E-state index in [1.54, 1.807) is 0 Å². The van der Waals surface area contributed by atoms with Crippen LogP contribution in [-0.4, -0.2) is 48.4 Å². The molecule has 0 aromatic rings. The Morgan fingerprint density at radius 1 is 0.576 bits per heavy atom. The predicted octanol–water partition coefficient (Wildman–Crippen LogP) is 9.15. The van der Waals surface area contributed by atoms with Gasteiger partial charge in [0.05, 0.1) is 26.7 Å². The van der Waals surface area contributed by atoms with Crippen LogP contribution in [0, 0.1) is 0 Å². The maximum Gasteiger partial charge on any atom is 0.490 e. The molecular formula is C27H55F3NO2+. The first-order valence-electron chi connectivity index (χ1n) is 13.8. The van der Waals surface area contributed by atoms with Crippen molar-refractivity contribution < 1.29 is 27.6 Å². The zero-order valence-corrected chi connectivity index (χ0v) is 22.3. The van der Waals surface area contributed by atoms with Gasteiger partial charge in [-0.1, -0.05) is 97.8 Å². The summed E-state index contributed by atoms with van der Waals surface area (Å²) in [6.07, 6.45) is 20.8. The number of hydrogen-bond acceptors (Lipinski definition) is 1. The third-order valence-corrected chi connectivity index (χ3v) is 6.40. The second kappa shape index (κ2) is 23.0. The number of hydrogen-bond donors (Lipinski definition) is 1. The highest BCUT2D eigenvalue weighted by atomic mass is 19.4. The molecule has 33 heavy (non-hydrogen) atoms. The van der Waals surface area contributed by atoms with E-state index in [1.807, 2.05) is 0 Å². The minimum atomic E-state index is -5.08. The van der Waals surface area contributed by atoms with E-state index in [1.165, 1.54) is 140 Å². The lowest BCUT2D eigenvalue weighted by atomic mass is 10.1. The molecule has 0 bridgehead atoms. The first kappa shape index (κ1) is 34.4. The molecule has 0 atom stereocenters. The van der Waals surface area contributed by atoms with Crippen LogP contribution in [0.4, 0.5) is 13.2 Å². The van der Waals surface area contributed by atoms with Gasteiger partial charge in [0.15, 0.2) is 0 Å². The number of aliphatic carboxylic acids is 1. The molecule has 0 aliphatic rings. The van der Waals surface area contributed by atoms with Crippen LogP contribution in [0.25, 0.3) is 0 Å². The van der Waals surface area contributed by atoms with Gasteiger partial charge in [0.1, 0.15) is 0 Å². The van der Waals surface area contributed by atoms with E-state index in [9.17, 15) is 13.2 Å². The van der Waals surface area contributed by atoms with Gasteiger partial charge in [-0.25, -0.2) is 4.79 Å². The number of quaternary nitrogens is 1. The highest BCUT2D eigenvalue weighted by molar-refractivity contribution is 5.73. The van der Waals surface area contributed by atoms with Crippen LogP contribution >= 0.6 is 0 Å². The van der Waals surface area contributed by atoms with E-state index in [4.69, 9.17) is 9.90 Å². The molecule has 1 N–H and O–H groups in total. The topological polar surface area (TPSA) is 37.3 Å². The standard InChI is InChI=1S/C25H54N.C2HF3O2/c1-5-8-11-14-17-20-23-26(4,24-21-18-15-12-9-6-2)25-22-19-16-13-10-7-3;3-2(4,5)1(6)7/h5-25H2,1-4H3;(H,6,7)/q+1;. The lowest BCUT2D eigenvalue weighted by molar-refractivity contribution is -0.910. The molecule has 200 valence electrons. The molecule has 6 heteroatoms. The van der Waals surface area contributed by atoms with Gasteiger partial charge in [0.25, 0.3) is 0 Å². The summed E-state index contributed by atoms with van der Waals surface area (Å²) < 4.78 is 33.1. The average molecular weight is 483 g/mol. The quantitative estimate of drug-likeness (QED) is 0.131. The fourth-order valence-electron chi connectivity index (χ4n) is 4.16. The minimum Gasteiger partial charge on any atom is -0.475 e. The summed E-state index contributed by atoms with van der Waals surface area (Å²) in [4.78, 5) is 8.90. The van der Waals surface area contributed by atoms with E-state index in [-0.39, 0.29) is 0 Å². The molecule has 0 aromatic heterocycles. The largest absolute Gasteiger partial charge is 0.490 e. The highest BCUT2D eigenvalue weighted by Crippen LogP contribution is 2.16. The van der Waals surface area contributed by atoms with Crippen LogP contribution in [0.2, 0.25) is 0 Å². The first-order chi connectivity index (χ1) is 15.6. The summed E-state index contributed by atoms with van der Waals surface area (Å²) >= 11 is 0. The van der Waals surface area contributed by atoms with E-state index < -0.39 is 12.1 Å². The smallest absolute Gasteiger partial charge is 0.475 e. The van der Waals surface area contributed by atoms with Crippen molar-refractivity contribution in [2.45, 2.75) is 143 Å². The Hall–Kier alpha value is -0.780. The third kappa shape index (κ3) is 25.7. The minimum absolute atomic E-state index is 1.36. The Labute approximate surface area is 203 Å². The van der Waals surface area contributed by atoms with Crippen molar-refractivity contribution in [2.75, 3.05) is 26.7 Å². The lowest BCUT2D eigenvalue weighted by Gasteiger charge is -2.35. The number of alkyl halides is 3. The van der Waals surface area contributed by atoms with Crippen molar-refractivity contribution in [1.82, 2.24) is 0 Å². The normalized spacial score (nSPS) is 11.8. The zero-order chi connectivity index (χ0) is 25.4. The molecule has 0 aliphatic carbocycles. The molecule has 3 nitrogen and oxygen atoms in total. The molecule has 0 unspecified atom stereocenters. The Kier molecular flexibility index (Phi) is 24.0. The second-order valence-corrected chi connectivity index (χ2v) is 9.90. The summed E-state index contributed by atoms with van der Waals surface area (Å²) in [7, 11) is 2.56. The Bertz CT molecular complexity index is 387. The molecule has 0 aliphatic heterocycles. The van der Waals surface area contributed by atoms with E-state index in [2.05, 4.69) is 27.8 Å². The number of carbonyl (C=O) groups is 1. The zero-order valence-electron chi connectivity index (χ0n) is 22.3. The molecule has 0 radical (unpaired) electrons. The molecule has 0 spiro atoms. The van der Waals surface area contributed by atoms with Crippen LogP contribution < -0.4 is 0 Å².